The molecule has 0 bridgehead atoms. The van der Waals surface area contributed by atoms with Gasteiger partial charge in [-0.25, -0.2) is 0 Å². The Hall–Kier alpha value is 0.250. The first-order valence-electron chi connectivity index (χ1n) is 1.39. The summed E-state index contributed by atoms with van der Waals surface area (Å²) in [6.45, 7) is 1.69. The lowest BCUT2D eigenvalue weighted by molar-refractivity contribution is 0.288. The smallest absolute Gasteiger partial charge is 0.130 e. The molecule has 0 spiro atoms. The zero-order valence-corrected chi connectivity index (χ0v) is 3.74. The average Bonchev–Trinajstić information content (AvgIpc) is 1.38. The molecule has 0 saturated carbocycles. The van der Waals surface area contributed by atoms with Gasteiger partial charge in [-0.2, -0.15) is 0 Å². The molecule has 1 nitrogen and oxygen atoms in total. The van der Waals surface area contributed by atoms with Crippen molar-refractivity contribution in [2.75, 3.05) is 0 Å². The minimum Gasteiger partial charge on any atom is -0.377 e. The lowest BCUT2D eigenvalue weighted by Gasteiger charge is -1.86. The third-order valence-corrected chi connectivity index (χ3v) is 0.527. The Bertz CT molecular complexity index is 20.9. The van der Waals surface area contributed by atoms with Gasteiger partial charge in [0, 0.05) is 6.42 Å². The van der Waals surface area contributed by atoms with Gasteiger partial charge in [-0.1, -0.05) is 18.5 Å². The molecule has 31 valence electrons. The highest BCUT2D eigenvalue weighted by Gasteiger charge is 1.85. The molecule has 0 aromatic rings. The Morgan fingerprint density at radius 1 is 2.00 bits per heavy atom. The Labute approximate surface area is 36.6 Å². The van der Waals surface area contributed by atoms with Gasteiger partial charge >= 0.3 is 0 Å². The summed E-state index contributed by atoms with van der Waals surface area (Å²) in [5.41, 5.74) is -0.769. The van der Waals surface area contributed by atoms with E-state index in [1.54, 1.807) is 6.92 Å². The first kappa shape index (κ1) is 5.25. The molecule has 0 heterocycles. The van der Waals surface area contributed by atoms with Gasteiger partial charge in [0.2, 0.25) is 0 Å². The van der Waals surface area contributed by atoms with E-state index in [9.17, 15) is 0 Å². The number of alkyl halides is 1. The summed E-state index contributed by atoms with van der Waals surface area (Å²) >= 11 is 4.96. The van der Waals surface area contributed by atoms with Crippen LogP contribution in [-0.2, 0) is 0 Å². The van der Waals surface area contributed by atoms with Crippen LogP contribution in [0.1, 0.15) is 6.92 Å². The number of aliphatic hydroxyl groups is 1. The van der Waals surface area contributed by atoms with E-state index in [0.29, 0.717) is 0 Å². The van der Waals surface area contributed by atoms with Crippen LogP contribution >= 0.6 is 11.6 Å². The van der Waals surface area contributed by atoms with Crippen LogP contribution in [0.5, 0.6) is 0 Å². The molecular weight excluding hydrogens is 87.5 g/mol. The number of rotatable bonds is 1. The van der Waals surface area contributed by atoms with Gasteiger partial charge in [0.05, 0.1) is 0 Å². The lowest BCUT2D eigenvalue weighted by Crippen LogP contribution is -1.89. The standard InChI is InChI=1S/C3H6ClO/c1-2-3(4)5/h2-3,5H,1H3. The van der Waals surface area contributed by atoms with Crippen molar-refractivity contribution in [2.45, 2.75) is 12.5 Å². The van der Waals surface area contributed by atoms with Crippen LogP contribution in [0, 0.1) is 6.42 Å². The number of aliphatic hydroxyl groups excluding tert-OH is 1. The van der Waals surface area contributed by atoms with E-state index in [2.05, 4.69) is 0 Å². The molecule has 1 radical (unpaired) electrons. The molecule has 1 N–H and O–H groups in total. The minimum atomic E-state index is -0.769. The summed E-state index contributed by atoms with van der Waals surface area (Å²) in [4.78, 5) is 0. The van der Waals surface area contributed by atoms with Gasteiger partial charge in [-0.05, 0) is 0 Å². The van der Waals surface area contributed by atoms with E-state index in [4.69, 9.17) is 16.7 Å². The number of hydrogen-bond acceptors (Lipinski definition) is 1. The van der Waals surface area contributed by atoms with Gasteiger partial charge < -0.3 is 5.11 Å². The summed E-state index contributed by atoms with van der Waals surface area (Å²) in [6.07, 6.45) is 1.49. The SMILES string of the molecule is C[CH]C(O)Cl. The summed E-state index contributed by atoms with van der Waals surface area (Å²) in [6, 6.07) is 0. The topological polar surface area (TPSA) is 20.2 Å². The summed E-state index contributed by atoms with van der Waals surface area (Å²) in [5.74, 6) is 0. The molecule has 0 aliphatic carbocycles. The highest BCUT2D eigenvalue weighted by Crippen LogP contribution is 1.89. The van der Waals surface area contributed by atoms with Crippen molar-refractivity contribution in [3.63, 3.8) is 0 Å². The molecule has 0 aromatic carbocycles. The van der Waals surface area contributed by atoms with Crippen molar-refractivity contribution in [3.05, 3.63) is 6.42 Å². The number of hydrogen-bond donors (Lipinski definition) is 1. The molecule has 0 rings (SSSR count). The summed E-state index contributed by atoms with van der Waals surface area (Å²) in [7, 11) is 0. The Kier molecular flexibility index (Phi) is 2.61. The van der Waals surface area contributed by atoms with E-state index >= 15 is 0 Å². The zero-order chi connectivity index (χ0) is 4.28. The average molecular weight is 93.5 g/mol. The molecule has 0 aliphatic heterocycles. The Balaban J connectivity index is 2.54. The predicted octanol–water partition coefficient (Wildman–Crippen LogP) is 0.768. The summed E-state index contributed by atoms with van der Waals surface area (Å²) in [5, 5.41) is 8.07. The van der Waals surface area contributed by atoms with Crippen molar-refractivity contribution < 1.29 is 5.11 Å². The third-order valence-electron chi connectivity index (χ3n) is 0.275. The molecule has 0 aromatic heterocycles. The second kappa shape index (κ2) is 2.49. The third kappa shape index (κ3) is 4.25. The monoisotopic (exact) mass is 93.0 g/mol. The Morgan fingerprint density at radius 2 is 2.20 bits per heavy atom. The molecule has 0 fully saturated rings. The van der Waals surface area contributed by atoms with Crippen molar-refractivity contribution in [1.82, 2.24) is 0 Å². The van der Waals surface area contributed by atoms with Crippen LogP contribution in [0.4, 0.5) is 0 Å². The minimum absolute atomic E-state index is 0.769. The van der Waals surface area contributed by atoms with Crippen molar-refractivity contribution in [2.24, 2.45) is 0 Å². The van der Waals surface area contributed by atoms with Gasteiger partial charge in [0.15, 0.2) is 0 Å². The van der Waals surface area contributed by atoms with Gasteiger partial charge in [0.1, 0.15) is 5.56 Å². The largest absolute Gasteiger partial charge is 0.377 e. The maximum atomic E-state index is 8.07. The normalized spacial score (nSPS) is 15.0. The summed E-state index contributed by atoms with van der Waals surface area (Å²) < 4.78 is 0. The van der Waals surface area contributed by atoms with Crippen LogP contribution in [0.25, 0.3) is 0 Å². The van der Waals surface area contributed by atoms with E-state index < -0.39 is 5.56 Å². The van der Waals surface area contributed by atoms with Crippen molar-refractivity contribution in [1.29, 1.82) is 0 Å². The maximum Gasteiger partial charge on any atom is 0.130 e. The first-order chi connectivity index (χ1) is 2.27. The quantitative estimate of drug-likeness (QED) is 0.475. The fourth-order valence-electron chi connectivity index (χ4n) is 0. The zero-order valence-electron chi connectivity index (χ0n) is 2.98. The fraction of sp³-hybridized carbons (Fsp3) is 0.667. The molecule has 1 atom stereocenters. The van der Waals surface area contributed by atoms with E-state index in [0.717, 1.165) is 0 Å². The molecule has 5 heavy (non-hydrogen) atoms. The van der Waals surface area contributed by atoms with Crippen molar-refractivity contribution >= 4 is 11.6 Å². The predicted molar refractivity (Wildman–Crippen MR) is 21.8 cm³/mol. The Morgan fingerprint density at radius 3 is 2.20 bits per heavy atom. The number of halogens is 1. The van der Waals surface area contributed by atoms with E-state index in [1.807, 2.05) is 0 Å². The van der Waals surface area contributed by atoms with Crippen LogP contribution in [0.3, 0.4) is 0 Å². The maximum absolute atomic E-state index is 8.07. The molecule has 1 unspecified atom stereocenters. The van der Waals surface area contributed by atoms with Crippen LogP contribution in [-0.4, -0.2) is 10.7 Å². The van der Waals surface area contributed by atoms with Crippen molar-refractivity contribution in [3.8, 4) is 0 Å². The first-order valence-corrected chi connectivity index (χ1v) is 1.82. The highest BCUT2D eigenvalue weighted by molar-refractivity contribution is 6.20. The van der Waals surface area contributed by atoms with Gasteiger partial charge in [-0.15, -0.1) is 0 Å². The molecule has 0 aliphatic rings. The van der Waals surface area contributed by atoms with Gasteiger partial charge in [0.25, 0.3) is 0 Å². The molecule has 0 saturated heterocycles. The molecule has 2 heteroatoms. The van der Waals surface area contributed by atoms with Crippen LogP contribution in [0.15, 0.2) is 0 Å². The molecule has 0 amide bonds. The van der Waals surface area contributed by atoms with Crippen LogP contribution < -0.4 is 0 Å². The van der Waals surface area contributed by atoms with E-state index in [1.165, 1.54) is 6.42 Å². The van der Waals surface area contributed by atoms with Gasteiger partial charge in [-0.3, -0.25) is 0 Å². The van der Waals surface area contributed by atoms with E-state index in [-0.39, 0.29) is 0 Å². The second-order valence-electron chi connectivity index (χ2n) is 0.706. The lowest BCUT2D eigenvalue weighted by atomic mass is 10.5. The second-order valence-corrected chi connectivity index (χ2v) is 1.15. The van der Waals surface area contributed by atoms with Crippen LogP contribution in [0.2, 0.25) is 0 Å². The molecular formula is C3H6ClO. The highest BCUT2D eigenvalue weighted by atomic mass is 35.5. The fourth-order valence-corrected chi connectivity index (χ4v) is 0.